The first-order valence-corrected chi connectivity index (χ1v) is 11.5. The van der Waals surface area contributed by atoms with Crippen molar-refractivity contribution in [2.75, 3.05) is 51.8 Å². The van der Waals surface area contributed by atoms with Crippen LogP contribution in [0.3, 0.4) is 0 Å². The van der Waals surface area contributed by atoms with E-state index < -0.39 is 10.0 Å². The maximum atomic E-state index is 12.9. The van der Waals surface area contributed by atoms with Crippen LogP contribution < -0.4 is 0 Å². The maximum absolute atomic E-state index is 12.9. The molecule has 2 aliphatic heterocycles. The average Bonchev–Trinajstić information content (AvgIpc) is 2.68. The van der Waals surface area contributed by atoms with Gasteiger partial charge in [0.1, 0.15) is 0 Å². The Hall–Kier alpha value is -0.660. The number of sulfonamides is 1. The molecule has 146 valence electrons. The summed E-state index contributed by atoms with van der Waals surface area (Å²) in [5.41, 5.74) is 1.13. The molecule has 0 atom stereocenters. The van der Waals surface area contributed by atoms with Crippen molar-refractivity contribution in [2.45, 2.75) is 30.6 Å². The molecule has 2 heterocycles. The van der Waals surface area contributed by atoms with Gasteiger partial charge >= 0.3 is 0 Å². The fraction of sp³-hybridized carbons (Fsp3) is 0.684. The monoisotopic (exact) mass is 400 g/mol. The molecular weight excluding hydrogens is 372 g/mol. The van der Waals surface area contributed by atoms with Gasteiger partial charge in [0.15, 0.2) is 0 Å². The number of alkyl halides is 1. The van der Waals surface area contributed by atoms with Gasteiger partial charge in [-0.2, -0.15) is 4.31 Å². The van der Waals surface area contributed by atoms with Crippen molar-refractivity contribution in [2.24, 2.45) is 5.92 Å². The molecule has 2 aliphatic rings. The highest BCUT2D eigenvalue weighted by molar-refractivity contribution is 7.89. The molecule has 0 unspecified atom stereocenters. The van der Waals surface area contributed by atoms with E-state index >= 15 is 0 Å². The minimum absolute atomic E-state index is 0.402. The zero-order valence-corrected chi connectivity index (χ0v) is 16.8. The molecule has 0 spiro atoms. The molecular formula is C19H29ClN2O3S. The van der Waals surface area contributed by atoms with Gasteiger partial charge in [0, 0.05) is 38.6 Å². The summed E-state index contributed by atoms with van der Waals surface area (Å²) in [6.07, 6.45) is 3.66. The van der Waals surface area contributed by atoms with Crippen LogP contribution in [0.15, 0.2) is 29.2 Å². The predicted octanol–water partition coefficient (Wildman–Crippen LogP) is 2.59. The lowest BCUT2D eigenvalue weighted by Gasteiger charge is -2.35. The third-order valence-electron chi connectivity index (χ3n) is 5.35. The Morgan fingerprint density at radius 2 is 1.69 bits per heavy atom. The Morgan fingerprint density at radius 1 is 1.04 bits per heavy atom. The molecule has 0 aromatic heterocycles. The third-order valence-corrected chi connectivity index (χ3v) is 7.53. The number of ether oxygens (including phenoxy) is 1. The number of halogens is 1. The van der Waals surface area contributed by atoms with Crippen molar-refractivity contribution in [1.29, 1.82) is 0 Å². The van der Waals surface area contributed by atoms with Gasteiger partial charge in [-0.05, 0) is 49.3 Å². The summed E-state index contributed by atoms with van der Waals surface area (Å²) in [5.74, 6) is 1.21. The van der Waals surface area contributed by atoms with Crippen molar-refractivity contribution in [1.82, 2.24) is 9.21 Å². The first-order valence-electron chi connectivity index (χ1n) is 9.55. The van der Waals surface area contributed by atoms with E-state index in [2.05, 4.69) is 4.90 Å². The van der Waals surface area contributed by atoms with Gasteiger partial charge in [-0.15, -0.1) is 11.6 Å². The fourth-order valence-electron chi connectivity index (χ4n) is 3.73. The number of hydrogen-bond acceptors (Lipinski definition) is 4. The third kappa shape index (κ3) is 5.20. The van der Waals surface area contributed by atoms with Gasteiger partial charge in [-0.1, -0.05) is 12.1 Å². The van der Waals surface area contributed by atoms with Gasteiger partial charge in [-0.25, -0.2) is 8.42 Å². The summed E-state index contributed by atoms with van der Waals surface area (Å²) in [6, 6.07) is 7.28. The number of rotatable bonds is 7. The van der Waals surface area contributed by atoms with Crippen LogP contribution in [0.4, 0.5) is 0 Å². The van der Waals surface area contributed by atoms with E-state index in [4.69, 9.17) is 16.3 Å². The highest BCUT2D eigenvalue weighted by Gasteiger charge is 2.30. The molecule has 0 amide bonds. The van der Waals surface area contributed by atoms with Gasteiger partial charge in [0.25, 0.3) is 0 Å². The van der Waals surface area contributed by atoms with Crippen LogP contribution >= 0.6 is 11.6 Å². The van der Waals surface area contributed by atoms with Crippen LogP contribution in [0.2, 0.25) is 0 Å². The number of hydrogen-bond donors (Lipinski definition) is 0. The van der Waals surface area contributed by atoms with Gasteiger partial charge in [0.05, 0.1) is 18.1 Å². The molecule has 0 aliphatic carbocycles. The lowest BCUT2D eigenvalue weighted by atomic mass is 9.97. The lowest BCUT2D eigenvalue weighted by molar-refractivity contribution is 0.0269. The average molecular weight is 401 g/mol. The van der Waals surface area contributed by atoms with Crippen molar-refractivity contribution < 1.29 is 13.2 Å². The van der Waals surface area contributed by atoms with Crippen LogP contribution in [0.5, 0.6) is 0 Å². The topological polar surface area (TPSA) is 49.9 Å². The van der Waals surface area contributed by atoms with E-state index in [-0.39, 0.29) is 0 Å². The van der Waals surface area contributed by atoms with Crippen LogP contribution in [-0.4, -0.2) is 69.4 Å². The Bertz CT molecular complexity index is 652. The highest BCUT2D eigenvalue weighted by atomic mass is 35.5. The van der Waals surface area contributed by atoms with E-state index in [0.717, 1.165) is 64.1 Å². The van der Waals surface area contributed by atoms with Gasteiger partial charge < -0.3 is 4.74 Å². The largest absolute Gasteiger partial charge is 0.379 e. The Morgan fingerprint density at radius 3 is 2.31 bits per heavy atom. The molecule has 1 aromatic carbocycles. The molecule has 0 radical (unpaired) electrons. The van der Waals surface area contributed by atoms with Crippen molar-refractivity contribution >= 4 is 21.6 Å². The molecule has 26 heavy (non-hydrogen) atoms. The Balaban J connectivity index is 1.53. The minimum atomic E-state index is -3.38. The first kappa shape index (κ1) is 20.1. The Labute approximate surface area is 162 Å². The standard InChI is InChI=1S/C19H29ClN2O3S/c20-9-1-2-17-3-5-19(6-4-17)26(23,24)22-10-7-18(8-11-22)16-21-12-14-25-15-13-21/h3-6,18H,1-2,7-16H2. The van der Waals surface area contributed by atoms with Crippen LogP contribution in [0.1, 0.15) is 24.8 Å². The van der Waals surface area contributed by atoms with Crippen molar-refractivity contribution in [3.8, 4) is 0 Å². The van der Waals surface area contributed by atoms with E-state index in [1.807, 2.05) is 12.1 Å². The zero-order valence-electron chi connectivity index (χ0n) is 15.3. The molecule has 1 aromatic rings. The summed E-state index contributed by atoms with van der Waals surface area (Å²) >= 11 is 5.72. The first-order chi connectivity index (χ1) is 12.6. The number of morpholine rings is 1. The normalized spacial score (nSPS) is 21.1. The van der Waals surface area contributed by atoms with E-state index in [1.54, 1.807) is 16.4 Å². The SMILES string of the molecule is O=S(=O)(c1ccc(CCCCl)cc1)N1CCC(CN2CCOCC2)CC1. The van der Waals surface area contributed by atoms with E-state index in [0.29, 0.717) is 29.8 Å². The molecule has 7 heteroatoms. The molecule has 5 nitrogen and oxygen atoms in total. The molecule has 0 bridgehead atoms. The predicted molar refractivity (Wildman–Crippen MR) is 104 cm³/mol. The summed E-state index contributed by atoms with van der Waals surface area (Å²) in [6.45, 7) is 5.91. The van der Waals surface area contributed by atoms with Gasteiger partial charge in [-0.3, -0.25) is 4.90 Å². The van der Waals surface area contributed by atoms with Crippen LogP contribution in [0, 0.1) is 5.92 Å². The fourth-order valence-corrected chi connectivity index (χ4v) is 5.33. The molecule has 0 saturated carbocycles. The summed E-state index contributed by atoms with van der Waals surface area (Å²) < 4.78 is 32.8. The second-order valence-corrected chi connectivity index (χ2v) is 9.51. The number of aryl methyl sites for hydroxylation is 1. The van der Waals surface area contributed by atoms with Crippen molar-refractivity contribution in [3.05, 3.63) is 29.8 Å². The molecule has 2 saturated heterocycles. The van der Waals surface area contributed by atoms with Gasteiger partial charge in [0.2, 0.25) is 10.0 Å². The molecule has 0 N–H and O–H groups in total. The molecule has 2 fully saturated rings. The quantitative estimate of drug-likeness (QED) is 0.660. The number of piperidine rings is 1. The smallest absolute Gasteiger partial charge is 0.243 e. The second kappa shape index (κ2) is 9.51. The second-order valence-electron chi connectivity index (χ2n) is 7.20. The molecule has 3 rings (SSSR count). The summed E-state index contributed by atoms with van der Waals surface area (Å²) in [4.78, 5) is 2.84. The van der Waals surface area contributed by atoms with E-state index in [1.165, 1.54) is 0 Å². The van der Waals surface area contributed by atoms with Crippen molar-refractivity contribution in [3.63, 3.8) is 0 Å². The zero-order chi connectivity index (χ0) is 18.4. The summed E-state index contributed by atoms with van der Waals surface area (Å²) in [5, 5.41) is 0. The summed E-state index contributed by atoms with van der Waals surface area (Å²) in [7, 11) is -3.38. The van der Waals surface area contributed by atoms with Crippen LogP contribution in [0.25, 0.3) is 0 Å². The number of benzene rings is 1. The highest BCUT2D eigenvalue weighted by Crippen LogP contribution is 2.25. The van der Waals surface area contributed by atoms with E-state index in [9.17, 15) is 8.42 Å². The van der Waals surface area contributed by atoms with Crippen LogP contribution in [-0.2, 0) is 21.2 Å². The number of nitrogens with zero attached hydrogens (tertiary/aromatic N) is 2. The maximum Gasteiger partial charge on any atom is 0.243 e. The minimum Gasteiger partial charge on any atom is -0.379 e. The lowest BCUT2D eigenvalue weighted by Crippen LogP contribution is -2.44. The Kier molecular flexibility index (Phi) is 7.35.